The lowest BCUT2D eigenvalue weighted by Gasteiger charge is -2.51. The van der Waals surface area contributed by atoms with Gasteiger partial charge in [0.15, 0.2) is 16.6 Å². The second-order valence-electron chi connectivity index (χ2n) is 16.7. The second-order valence-corrected chi connectivity index (χ2v) is 27.4. The molecular formula is C36H64O5SSi2. The van der Waals surface area contributed by atoms with Crippen LogP contribution in [0.15, 0.2) is 24.3 Å². The maximum absolute atomic E-state index is 11.9. The fourth-order valence-electron chi connectivity index (χ4n) is 6.52. The predicted octanol–water partition coefficient (Wildman–Crippen LogP) is 10.2. The van der Waals surface area contributed by atoms with Gasteiger partial charge in [0.05, 0.1) is 25.4 Å². The molecule has 0 spiro atoms. The average molecular weight is 665 g/mol. The van der Waals surface area contributed by atoms with E-state index in [0.717, 1.165) is 25.7 Å². The van der Waals surface area contributed by atoms with E-state index in [1.807, 2.05) is 12.1 Å². The van der Waals surface area contributed by atoms with Crippen molar-refractivity contribution in [2.45, 2.75) is 161 Å². The number of methoxy groups -OCH3 is 1. The van der Waals surface area contributed by atoms with Crippen LogP contribution in [-0.4, -0.2) is 53.1 Å². The van der Waals surface area contributed by atoms with Gasteiger partial charge in [0.25, 0.3) is 0 Å². The molecular weight excluding hydrogens is 601 g/mol. The van der Waals surface area contributed by atoms with Gasteiger partial charge in [0.1, 0.15) is 4.88 Å². The molecule has 0 aliphatic heterocycles. The molecule has 252 valence electrons. The zero-order valence-corrected chi connectivity index (χ0v) is 32.9. The van der Waals surface area contributed by atoms with Crippen LogP contribution in [0.1, 0.15) is 114 Å². The molecule has 1 aromatic rings. The van der Waals surface area contributed by atoms with Gasteiger partial charge >= 0.3 is 5.97 Å². The molecule has 0 bridgehead atoms. The van der Waals surface area contributed by atoms with Gasteiger partial charge in [-0.3, -0.25) is 0 Å². The first-order valence-electron chi connectivity index (χ1n) is 17.1. The normalized spacial score (nSPS) is 25.3. The zero-order chi connectivity index (χ0) is 33.1. The Morgan fingerprint density at radius 1 is 1.09 bits per heavy atom. The van der Waals surface area contributed by atoms with E-state index in [2.05, 4.69) is 86.8 Å². The third-order valence-corrected chi connectivity index (χ3v) is 22.0. The van der Waals surface area contributed by atoms with Gasteiger partial charge in [-0.05, 0) is 111 Å². The summed E-state index contributed by atoms with van der Waals surface area (Å²) in [6.07, 6.45) is 14.1. The van der Waals surface area contributed by atoms with Gasteiger partial charge in [-0.1, -0.05) is 67.0 Å². The highest BCUT2D eigenvalue weighted by molar-refractivity contribution is 7.13. The molecule has 3 rings (SSSR count). The minimum Gasteiger partial charge on any atom is -0.465 e. The minimum atomic E-state index is -2.02. The van der Waals surface area contributed by atoms with E-state index in [1.165, 1.54) is 49.0 Å². The van der Waals surface area contributed by atoms with Crippen LogP contribution in [0.3, 0.4) is 0 Å². The average Bonchev–Trinajstić information content (AvgIpc) is 3.46. The van der Waals surface area contributed by atoms with Crippen molar-refractivity contribution in [1.29, 1.82) is 0 Å². The summed E-state index contributed by atoms with van der Waals surface area (Å²) in [6, 6.07) is 3.90. The minimum absolute atomic E-state index is 0.0309. The maximum Gasteiger partial charge on any atom is 0.348 e. The Morgan fingerprint density at radius 2 is 1.73 bits per heavy atom. The van der Waals surface area contributed by atoms with Crippen LogP contribution in [0.5, 0.6) is 0 Å². The van der Waals surface area contributed by atoms with Crippen molar-refractivity contribution in [2.24, 2.45) is 17.3 Å². The third kappa shape index (κ3) is 8.77. The molecule has 8 heteroatoms. The van der Waals surface area contributed by atoms with E-state index in [9.17, 15) is 9.90 Å². The van der Waals surface area contributed by atoms with E-state index in [0.29, 0.717) is 11.3 Å². The van der Waals surface area contributed by atoms with Gasteiger partial charge in [-0.25, -0.2) is 4.79 Å². The van der Waals surface area contributed by atoms with Gasteiger partial charge in [0, 0.05) is 10.8 Å². The number of aliphatic hydroxyl groups is 1. The van der Waals surface area contributed by atoms with E-state index >= 15 is 0 Å². The quantitative estimate of drug-likeness (QED) is 0.122. The number of hydrogen-bond donors (Lipinski definition) is 1. The lowest BCUT2D eigenvalue weighted by molar-refractivity contribution is -0.0273. The van der Waals surface area contributed by atoms with Crippen molar-refractivity contribution < 1.29 is 23.5 Å². The molecule has 1 unspecified atom stereocenters. The molecule has 44 heavy (non-hydrogen) atoms. The Kier molecular flexibility index (Phi) is 12.5. The molecule has 1 aromatic heterocycles. The van der Waals surface area contributed by atoms with Gasteiger partial charge in [-0.15, -0.1) is 11.3 Å². The number of carbonyl (C=O) groups is 1. The summed E-state index contributed by atoms with van der Waals surface area (Å²) >= 11 is 1.52. The fraction of sp³-hybridized carbons (Fsp3) is 0.806. The highest BCUT2D eigenvalue weighted by atomic mass is 32.1. The molecule has 2 fully saturated rings. The monoisotopic (exact) mass is 664 g/mol. The Balaban J connectivity index is 1.81. The van der Waals surface area contributed by atoms with E-state index in [-0.39, 0.29) is 51.6 Å². The molecule has 1 N–H and O–H groups in total. The summed E-state index contributed by atoms with van der Waals surface area (Å²) in [5.41, 5.74) is 0.287. The molecule has 5 atom stereocenters. The summed E-state index contributed by atoms with van der Waals surface area (Å²) < 4.78 is 19.1. The van der Waals surface area contributed by atoms with Gasteiger partial charge in [-0.2, -0.15) is 0 Å². The van der Waals surface area contributed by atoms with Crippen molar-refractivity contribution in [1.82, 2.24) is 0 Å². The zero-order valence-electron chi connectivity index (χ0n) is 30.0. The number of ether oxygens (including phenoxy) is 1. The number of hydrogen-bond acceptors (Lipinski definition) is 6. The van der Waals surface area contributed by atoms with Crippen molar-refractivity contribution in [3.05, 3.63) is 34.0 Å². The summed E-state index contributed by atoms with van der Waals surface area (Å²) in [6.45, 7) is 25.7. The molecule has 2 saturated carbocycles. The van der Waals surface area contributed by atoms with Crippen LogP contribution in [0.2, 0.25) is 36.3 Å². The van der Waals surface area contributed by atoms with Gasteiger partial charge in [0.2, 0.25) is 0 Å². The summed E-state index contributed by atoms with van der Waals surface area (Å²) in [7, 11) is -2.52. The largest absolute Gasteiger partial charge is 0.465 e. The van der Waals surface area contributed by atoms with E-state index in [1.54, 1.807) is 0 Å². The fourth-order valence-corrected chi connectivity index (χ4v) is 10.3. The lowest BCUT2D eigenvalue weighted by Crippen LogP contribution is -2.51. The summed E-state index contributed by atoms with van der Waals surface area (Å²) in [5.74, 6) is 0.0658. The Hall–Kier alpha value is -0.776. The third-order valence-electron chi connectivity index (χ3n) is 11.8. The number of aliphatic hydroxyl groups excluding tert-OH is 1. The van der Waals surface area contributed by atoms with Crippen LogP contribution < -0.4 is 0 Å². The van der Waals surface area contributed by atoms with Crippen LogP contribution >= 0.6 is 11.3 Å². The molecule has 0 saturated heterocycles. The standard InChI is InChI=1S/C36H64O5SSi2/c1-13-36(23-16-24-36)32(41-44(11,12)35(5,6)7)20-15-19-28-27(18-14-17-26-21-22-31(42-26)33(38)39-8)29(37)25-30(28)40-43(9,10)34(2,3)4/h15,19,21-22,27-30,32,37H,13-14,16-18,20,23-25H2,1-12H3/t27-,28-,29+,30-,32?/m1/s1. The first-order valence-corrected chi connectivity index (χ1v) is 23.8. The lowest BCUT2D eigenvalue weighted by atomic mass is 9.63. The van der Waals surface area contributed by atoms with E-state index < -0.39 is 16.6 Å². The Morgan fingerprint density at radius 3 is 2.25 bits per heavy atom. The Bertz CT molecular complexity index is 1100. The predicted molar refractivity (Wildman–Crippen MR) is 191 cm³/mol. The highest BCUT2D eigenvalue weighted by Crippen LogP contribution is 2.52. The highest BCUT2D eigenvalue weighted by Gasteiger charge is 2.49. The van der Waals surface area contributed by atoms with Crippen molar-refractivity contribution in [3.63, 3.8) is 0 Å². The molecule has 1 heterocycles. The summed E-state index contributed by atoms with van der Waals surface area (Å²) in [5, 5.41) is 11.7. The van der Waals surface area contributed by atoms with E-state index in [4.69, 9.17) is 13.6 Å². The molecule has 0 amide bonds. The number of carbonyl (C=O) groups excluding carboxylic acids is 1. The van der Waals surface area contributed by atoms with Crippen LogP contribution in [0, 0.1) is 17.3 Å². The molecule has 2 aliphatic rings. The van der Waals surface area contributed by atoms with Crippen molar-refractivity contribution in [2.75, 3.05) is 7.11 Å². The molecule has 0 aromatic carbocycles. The van der Waals surface area contributed by atoms with Crippen LogP contribution in [0.4, 0.5) is 0 Å². The number of rotatable bonds is 14. The number of thiophene rings is 1. The maximum atomic E-state index is 11.9. The summed E-state index contributed by atoms with van der Waals surface area (Å²) in [4.78, 5) is 13.8. The number of aryl methyl sites for hydroxylation is 1. The van der Waals surface area contributed by atoms with Crippen molar-refractivity contribution in [3.8, 4) is 0 Å². The second kappa shape index (κ2) is 14.6. The first kappa shape index (κ1) is 37.7. The Labute approximate surface area is 275 Å². The first-order chi connectivity index (χ1) is 20.3. The topological polar surface area (TPSA) is 65.0 Å². The van der Waals surface area contributed by atoms with Gasteiger partial charge < -0.3 is 18.7 Å². The van der Waals surface area contributed by atoms with Crippen LogP contribution in [0.25, 0.3) is 0 Å². The molecule has 5 nitrogen and oxygen atoms in total. The molecule has 2 aliphatic carbocycles. The number of esters is 1. The smallest absolute Gasteiger partial charge is 0.348 e. The SMILES string of the molecule is CCC1(C(CC=C[C@@H]2[C@@H](CCCc3ccc(C(=O)OC)s3)[C@@H](O)C[C@H]2O[Si](C)(C)C(C)(C)C)O[Si](C)(C)C(C)(C)C)CCC1. The van der Waals surface area contributed by atoms with Crippen LogP contribution in [-0.2, 0) is 20.0 Å². The molecule has 0 radical (unpaired) electrons. The van der Waals surface area contributed by atoms with Crippen molar-refractivity contribution >= 4 is 33.9 Å².